The van der Waals surface area contributed by atoms with Crippen LogP contribution in [0.15, 0.2) is 18.3 Å². The number of aliphatic carboxylic acids is 1. The summed E-state index contributed by atoms with van der Waals surface area (Å²) in [5.41, 5.74) is 6.54. The molecule has 0 saturated heterocycles. The van der Waals surface area contributed by atoms with Gasteiger partial charge in [0.15, 0.2) is 0 Å². The van der Waals surface area contributed by atoms with E-state index in [-0.39, 0.29) is 18.9 Å². The maximum Gasteiger partial charge on any atom is 1.00 e. The van der Waals surface area contributed by atoms with Crippen LogP contribution in [0.4, 0.5) is 0 Å². The van der Waals surface area contributed by atoms with Crippen LogP contribution in [0.1, 0.15) is 17.3 Å². The van der Waals surface area contributed by atoms with Crippen LogP contribution in [0.3, 0.4) is 0 Å². The molecule has 1 heterocycles. The molecule has 0 saturated carbocycles. The summed E-state index contributed by atoms with van der Waals surface area (Å²) < 4.78 is 0. The van der Waals surface area contributed by atoms with Gasteiger partial charge in [-0.3, -0.25) is 4.98 Å². The van der Waals surface area contributed by atoms with E-state index in [1.54, 1.807) is 12.1 Å². The zero-order valence-corrected chi connectivity index (χ0v) is 7.65. The predicted octanol–water partition coefficient (Wildman–Crippen LogP) is -3.86. The van der Waals surface area contributed by atoms with Gasteiger partial charge in [0.2, 0.25) is 0 Å². The third-order valence-electron chi connectivity index (χ3n) is 1.51. The molecule has 0 spiro atoms. The average Bonchev–Trinajstić information content (AvgIpc) is 2.03. The number of hydrogen-bond acceptors (Lipinski definition) is 4. The molecule has 5 heteroatoms. The van der Waals surface area contributed by atoms with E-state index in [4.69, 9.17) is 5.73 Å². The van der Waals surface area contributed by atoms with Crippen molar-refractivity contribution in [2.75, 3.05) is 0 Å². The minimum atomic E-state index is -1.31. The topological polar surface area (TPSA) is 79.0 Å². The molecular formula is C8H9LiN2O2. The van der Waals surface area contributed by atoms with Gasteiger partial charge >= 0.3 is 18.9 Å². The predicted molar refractivity (Wildman–Crippen MR) is 40.9 cm³/mol. The molecule has 1 aromatic rings. The van der Waals surface area contributed by atoms with E-state index >= 15 is 0 Å². The van der Waals surface area contributed by atoms with Crippen LogP contribution >= 0.6 is 0 Å². The van der Waals surface area contributed by atoms with Crippen LogP contribution < -0.4 is 29.7 Å². The van der Waals surface area contributed by atoms with Crippen molar-refractivity contribution in [3.8, 4) is 0 Å². The summed E-state index contributed by atoms with van der Waals surface area (Å²) in [5.74, 6) is -1.31. The minimum Gasteiger partial charge on any atom is -0.548 e. The van der Waals surface area contributed by atoms with Gasteiger partial charge in [-0.25, -0.2) is 0 Å². The van der Waals surface area contributed by atoms with Crippen molar-refractivity contribution in [1.29, 1.82) is 0 Å². The second-order valence-electron chi connectivity index (χ2n) is 2.55. The second-order valence-corrected chi connectivity index (χ2v) is 2.55. The van der Waals surface area contributed by atoms with E-state index in [0.717, 1.165) is 5.56 Å². The Balaban J connectivity index is 0.00000144. The molecule has 0 aromatic carbocycles. The molecule has 4 nitrogen and oxygen atoms in total. The number of aryl methyl sites for hydroxylation is 1. The number of carbonyl (C=O) groups is 1. The molecule has 1 aromatic heterocycles. The molecule has 1 atom stereocenters. The molecule has 0 aliphatic heterocycles. The van der Waals surface area contributed by atoms with E-state index in [1.807, 2.05) is 6.92 Å². The van der Waals surface area contributed by atoms with Crippen molar-refractivity contribution in [1.82, 2.24) is 4.98 Å². The number of nitrogens with two attached hydrogens (primary N) is 1. The first-order valence-electron chi connectivity index (χ1n) is 3.50. The van der Waals surface area contributed by atoms with Gasteiger partial charge in [0, 0.05) is 6.20 Å². The van der Waals surface area contributed by atoms with Crippen molar-refractivity contribution in [2.45, 2.75) is 13.0 Å². The van der Waals surface area contributed by atoms with E-state index in [2.05, 4.69) is 4.98 Å². The third kappa shape index (κ3) is 3.19. The molecule has 0 fully saturated rings. The number of carboxylic acids is 1. The average molecular weight is 172 g/mol. The summed E-state index contributed by atoms with van der Waals surface area (Å²) in [4.78, 5) is 14.1. The van der Waals surface area contributed by atoms with Gasteiger partial charge < -0.3 is 15.6 Å². The third-order valence-corrected chi connectivity index (χ3v) is 1.51. The van der Waals surface area contributed by atoms with Crippen molar-refractivity contribution < 1.29 is 28.8 Å². The monoisotopic (exact) mass is 172 g/mol. The Labute approximate surface area is 88.3 Å². The molecule has 1 unspecified atom stereocenters. The SMILES string of the molecule is Cc1ccnc(C(N)C(=O)[O-])c1.[Li+]. The van der Waals surface area contributed by atoms with Crippen LogP contribution in [-0.4, -0.2) is 11.0 Å². The van der Waals surface area contributed by atoms with Gasteiger partial charge in [-0.15, -0.1) is 0 Å². The van der Waals surface area contributed by atoms with Crippen LogP contribution in [0.5, 0.6) is 0 Å². The van der Waals surface area contributed by atoms with Gasteiger partial charge in [0.05, 0.1) is 17.7 Å². The summed E-state index contributed by atoms with van der Waals surface area (Å²) >= 11 is 0. The quantitative estimate of drug-likeness (QED) is 0.463. The van der Waals surface area contributed by atoms with E-state index in [9.17, 15) is 9.90 Å². The molecule has 0 radical (unpaired) electrons. The van der Waals surface area contributed by atoms with Crippen LogP contribution in [0.2, 0.25) is 0 Å². The maximum atomic E-state index is 10.3. The van der Waals surface area contributed by atoms with Crippen LogP contribution in [0.25, 0.3) is 0 Å². The summed E-state index contributed by atoms with van der Waals surface area (Å²) in [5, 5.41) is 10.3. The van der Waals surface area contributed by atoms with Gasteiger partial charge in [0.1, 0.15) is 0 Å². The Kier molecular flexibility index (Phi) is 4.71. The number of pyridine rings is 1. The van der Waals surface area contributed by atoms with Crippen molar-refractivity contribution in [3.63, 3.8) is 0 Å². The normalized spacial score (nSPS) is 11.5. The summed E-state index contributed by atoms with van der Waals surface area (Å²) in [7, 11) is 0. The van der Waals surface area contributed by atoms with E-state index in [1.165, 1.54) is 6.20 Å². The Hall–Kier alpha value is -0.823. The number of hydrogen-bond donors (Lipinski definition) is 1. The van der Waals surface area contributed by atoms with Crippen LogP contribution in [0, 0.1) is 6.92 Å². The Morgan fingerprint density at radius 3 is 2.77 bits per heavy atom. The zero-order chi connectivity index (χ0) is 9.14. The molecule has 0 aliphatic carbocycles. The van der Waals surface area contributed by atoms with Crippen molar-refractivity contribution in [2.24, 2.45) is 5.73 Å². The first-order valence-corrected chi connectivity index (χ1v) is 3.50. The molecule has 2 N–H and O–H groups in total. The van der Waals surface area contributed by atoms with Gasteiger partial charge in [0.25, 0.3) is 0 Å². The molecule has 64 valence electrons. The van der Waals surface area contributed by atoms with Gasteiger partial charge in [-0.05, 0) is 24.6 Å². The minimum absolute atomic E-state index is 0. The fraction of sp³-hybridized carbons (Fsp3) is 0.250. The number of aromatic nitrogens is 1. The van der Waals surface area contributed by atoms with Gasteiger partial charge in [-0.2, -0.15) is 0 Å². The first kappa shape index (κ1) is 12.2. The molecule has 0 aliphatic rings. The Morgan fingerprint density at radius 1 is 1.69 bits per heavy atom. The zero-order valence-electron chi connectivity index (χ0n) is 7.65. The van der Waals surface area contributed by atoms with Crippen molar-refractivity contribution >= 4 is 5.97 Å². The summed E-state index contributed by atoms with van der Waals surface area (Å²) in [6, 6.07) is 2.26. The number of rotatable bonds is 2. The number of carbonyl (C=O) groups excluding carboxylic acids is 1. The smallest absolute Gasteiger partial charge is 0.548 e. The molecule has 0 amide bonds. The summed E-state index contributed by atoms with van der Waals surface area (Å²) in [6.07, 6.45) is 1.52. The van der Waals surface area contributed by atoms with Crippen molar-refractivity contribution in [3.05, 3.63) is 29.6 Å². The fourth-order valence-corrected chi connectivity index (χ4v) is 0.850. The second kappa shape index (κ2) is 5.03. The molecule has 1 rings (SSSR count). The van der Waals surface area contributed by atoms with Crippen LogP contribution in [-0.2, 0) is 4.79 Å². The molecule has 13 heavy (non-hydrogen) atoms. The van der Waals surface area contributed by atoms with Gasteiger partial charge in [-0.1, -0.05) is 0 Å². The standard InChI is InChI=1S/C8H10N2O2.Li/c1-5-2-3-10-6(4-5)7(9)8(11)12;/h2-4,7H,9H2,1H3,(H,11,12);/q;+1/p-1. The fourth-order valence-electron chi connectivity index (χ4n) is 0.850. The largest absolute Gasteiger partial charge is 1.00 e. The van der Waals surface area contributed by atoms with E-state index < -0.39 is 12.0 Å². The Bertz CT molecular complexity index is 304. The maximum absolute atomic E-state index is 10.3. The Morgan fingerprint density at radius 2 is 2.31 bits per heavy atom. The first-order chi connectivity index (χ1) is 5.61. The number of carboxylic acid groups (broad SMARTS) is 1. The summed E-state index contributed by atoms with van der Waals surface area (Å²) in [6.45, 7) is 1.84. The molecular weight excluding hydrogens is 163 g/mol. The number of nitrogens with zero attached hydrogens (tertiary/aromatic N) is 1. The van der Waals surface area contributed by atoms with E-state index in [0.29, 0.717) is 5.69 Å². The molecule has 0 bridgehead atoms.